The van der Waals surface area contributed by atoms with Gasteiger partial charge < -0.3 is 18.8 Å². The minimum absolute atomic E-state index is 0.0610. The maximum atomic E-state index is 13.4. The van der Waals surface area contributed by atoms with Crippen molar-refractivity contribution in [3.05, 3.63) is 83.1 Å². The number of benzene rings is 2. The number of rotatable bonds is 6. The van der Waals surface area contributed by atoms with Crippen LogP contribution in [0.1, 0.15) is 65.9 Å². The summed E-state index contributed by atoms with van der Waals surface area (Å²) in [7, 11) is 0. The second-order valence-electron chi connectivity index (χ2n) is 10.7. The van der Waals surface area contributed by atoms with Gasteiger partial charge in [0.2, 0.25) is 5.89 Å². The number of nitrogens with zero attached hydrogens (tertiary/aromatic N) is 3. The van der Waals surface area contributed by atoms with E-state index >= 15 is 0 Å². The number of hydrogen-bond acceptors (Lipinski definition) is 6. The number of piperidine rings is 1. The normalized spacial score (nSPS) is 19.9. The summed E-state index contributed by atoms with van der Waals surface area (Å²) in [5.41, 5.74) is 2.61. The zero-order valence-electron chi connectivity index (χ0n) is 22.3. The van der Waals surface area contributed by atoms with Gasteiger partial charge in [0.05, 0.1) is 17.9 Å². The van der Waals surface area contributed by atoms with Crippen LogP contribution in [0.15, 0.2) is 59.1 Å². The molecule has 2 aliphatic rings. The average molecular weight is 504 g/mol. The van der Waals surface area contributed by atoms with Gasteiger partial charge >= 0.3 is 0 Å². The minimum atomic E-state index is -0.346. The number of carbonyl (C=O) groups is 1. The quantitative estimate of drug-likeness (QED) is 0.453. The number of likely N-dealkylation sites (tertiary alicyclic amines) is 1. The third-order valence-corrected chi connectivity index (χ3v) is 7.24. The molecule has 1 amide bonds. The van der Waals surface area contributed by atoms with Crippen molar-refractivity contribution >= 4 is 5.91 Å². The van der Waals surface area contributed by atoms with Crippen LogP contribution in [0.5, 0.6) is 5.75 Å². The molecule has 2 aromatic carbocycles. The molecule has 0 radical (unpaired) electrons. The van der Waals surface area contributed by atoms with Crippen molar-refractivity contribution < 1.29 is 18.7 Å². The Hall–Kier alpha value is -3.16. The molecule has 0 N–H and O–H groups in total. The molecule has 0 saturated carbocycles. The van der Waals surface area contributed by atoms with E-state index in [2.05, 4.69) is 34.1 Å². The summed E-state index contributed by atoms with van der Waals surface area (Å²) in [4.78, 5) is 22.2. The molecule has 1 atom stereocenters. The van der Waals surface area contributed by atoms with Crippen LogP contribution in [0.4, 0.5) is 0 Å². The van der Waals surface area contributed by atoms with Crippen LogP contribution in [0.3, 0.4) is 0 Å². The molecule has 1 unspecified atom stereocenters. The molecule has 37 heavy (non-hydrogen) atoms. The van der Waals surface area contributed by atoms with Gasteiger partial charge in [-0.3, -0.25) is 9.69 Å². The lowest BCUT2D eigenvalue weighted by Gasteiger charge is -2.49. The maximum Gasteiger partial charge on any atom is 0.253 e. The van der Waals surface area contributed by atoms with Crippen molar-refractivity contribution in [3.8, 4) is 5.75 Å². The van der Waals surface area contributed by atoms with E-state index in [1.165, 1.54) is 5.56 Å². The number of ether oxygens (including phenoxy) is 2. The second kappa shape index (κ2) is 10.7. The standard InChI is InChI=1S/C30H37N3O4/c1-21(2)35-26-11-10-25(16-22(26)3)29(34)33-14-12-30(13-15-33)20-32(18-24-8-6-5-7-9-24)19-27(37-30)28-31-17-23(4)36-28/h5-11,16-17,21,27H,12-15,18-20H2,1-4H3. The molecule has 196 valence electrons. The second-order valence-corrected chi connectivity index (χ2v) is 10.7. The summed E-state index contributed by atoms with van der Waals surface area (Å²) in [5, 5.41) is 0. The molecule has 2 aliphatic heterocycles. The summed E-state index contributed by atoms with van der Waals surface area (Å²) in [5.74, 6) is 2.30. The molecule has 7 heteroatoms. The zero-order valence-corrected chi connectivity index (χ0v) is 22.3. The molecule has 7 nitrogen and oxygen atoms in total. The zero-order chi connectivity index (χ0) is 26.0. The van der Waals surface area contributed by atoms with Crippen molar-refractivity contribution in [1.82, 2.24) is 14.8 Å². The number of aromatic nitrogens is 1. The van der Waals surface area contributed by atoms with E-state index in [1.807, 2.05) is 56.9 Å². The highest BCUT2D eigenvalue weighted by atomic mass is 16.5. The van der Waals surface area contributed by atoms with E-state index in [0.29, 0.717) is 24.5 Å². The van der Waals surface area contributed by atoms with Gasteiger partial charge in [-0.2, -0.15) is 0 Å². The fourth-order valence-electron chi connectivity index (χ4n) is 5.44. The van der Waals surface area contributed by atoms with E-state index in [-0.39, 0.29) is 23.7 Å². The summed E-state index contributed by atoms with van der Waals surface area (Å²) in [6, 6.07) is 16.2. The van der Waals surface area contributed by atoms with Gasteiger partial charge in [-0.25, -0.2) is 4.98 Å². The lowest BCUT2D eigenvalue weighted by Crippen LogP contribution is -2.58. The third-order valence-electron chi connectivity index (χ3n) is 7.24. The predicted octanol–water partition coefficient (Wildman–Crippen LogP) is 5.33. The number of hydrogen-bond donors (Lipinski definition) is 0. The monoisotopic (exact) mass is 503 g/mol. The molecule has 2 saturated heterocycles. The van der Waals surface area contributed by atoms with Crippen LogP contribution in [0, 0.1) is 13.8 Å². The van der Waals surface area contributed by atoms with Crippen LogP contribution >= 0.6 is 0 Å². The molecule has 1 spiro atoms. The highest BCUT2D eigenvalue weighted by Crippen LogP contribution is 2.38. The molecular formula is C30H37N3O4. The Balaban J connectivity index is 1.29. The summed E-state index contributed by atoms with van der Waals surface area (Å²) in [6.45, 7) is 11.6. The molecule has 0 bridgehead atoms. The molecule has 2 fully saturated rings. The predicted molar refractivity (Wildman–Crippen MR) is 142 cm³/mol. The Bertz CT molecular complexity index is 1210. The molecule has 1 aromatic heterocycles. The van der Waals surface area contributed by atoms with Crippen molar-refractivity contribution in [2.24, 2.45) is 0 Å². The molecule has 5 rings (SSSR count). The van der Waals surface area contributed by atoms with Gasteiger partial charge in [0.25, 0.3) is 5.91 Å². The van der Waals surface area contributed by atoms with Crippen molar-refractivity contribution in [2.45, 2.75) is 64.9 Å². The Labute approximate surface area is 219 Å². The van der Waals surface area contributed by atoms with Gasteiger partial charge in [0.1, 0.15) is 17.6 Å². The Kier molecular flexibility index (Phi) is 7.36. The van der Waals surface area contributed by atoms with Crippen molar-refractivity contribution in [3.63, 3.8) is 0 Å². The van der Waals surface area contributed by atoms with Gasteiger partial charge in [0.15, 0.2) is 0 Å². The number of oxazole rings is 1. The van der Waals surface area contributed by atoms with Gasteiger partial charge in [-0.1, -0.05) is 30.3 Å². The number of carbonyl (C=O) groups excluding carboxylic acids is 1. The van der Waals surface area contributed by atoms with Crippen LogP contribution in [-0.4, -0.2) is 58.6 Å². The van der Waals surface area contributed by atoms with Crippen LogP contribution in [0.2, 0.25) is 0 Å². The van der Waals surface area contributed by atoms with Crippen LogP contribution < -0.4 is 4.74 Å². The van der Waals surface area contributed by atoms with E-state index in [1.54, 1.807) is 6.20 Å². The summed E-state index contributed by atoms with van der Waals surface area (Å²) >= 11 is 0. The molecule has 3 aromatic rings. The topological polar surface area (TPSA) is 68.0 Å². The fourth-order valence-corrected chi connectivity index (χ4v) is 5.44. The lowest BCUT2D eigenvalue weighted by atomic mass is 9.88. The van der Waals surface area contributed by atoms with Crippen molar-refractivity contribution in [1.29, 1.82) is 0 Å². The molecule has 3 heterocycles. The fraction of sp³-hybridized carbons (Fsp3) is 0.467. The first-order valence-electron chi connectivity index (χ1n) is 13.2. The summed E-state index contributed by atoms with van der Waals surface area (Å²) in [6.07, 6.45) is 3.16. The number of aryl methyl sites for hydroxylation is 2. The average Bonchev–Trinajstić information content (AvgIpc) is 3.32. The van der Waals surface area contributed by atoms with Crippen LogP contribution in [0.25, 0.3) is 0 Å². The SMILES string of the molecule is Cc1cnc(C2CN(Cc3ccccc3)CC3(CCN(C(=O)c4ccc(OC(C)C)c(C)c4)CC3)O2)o1. The number of morpholine rings is 1. The minimum Gasteiger partial charge on any atom is -0.491 e. The van der Waals surface area contributed by atoms with Gasteiger partial charge in [-0.15, -0.1) is 0 Å². The lowest BCUT2D eigenvalue weighted by molar-refractivity contribution is -0.183. The number of amides is 1. The van der Waals surface area contributed by atoms with Crippen LogP contribution in [-0.2, 0) is 11.3 Å². The Morgan fingerprint density at radius 3 is 2.54 bits per heavy atom. The van der Waals surface area contributed by atoms with E-state index in [9.17, 15) is 4.79 Å². The third kappa shape index (κ3) is 5.89. The summed E-state index contributed by atoms with van der Waals surface area (Å²) < 4.78 is 18.5. The van der Waals surface area contributed by atoms with Crippen molar-refractivity contribution in [2.75, 3.05) is 26.2 Å². The molecular weight excluding hydrogens is 466 g/mol. The maximum absolute atomic E-state index is 13.4. The first-order valence-corrected chi connectivity index (χ1v) is 13.2. The van der Waals surface area contributed by atoms with Gasteiger partial charge in [0, 0.05) is 38.3 Å². The molecule has 0 aliphatic carbocycles. The Morgan fingerprint density at radius 2 is 1.89 bits per heavy atom. The van der Waals surface area contributed by atoms with E-state index in [0.717, 1.165) is 49.5 Å². The highest BCUT2D eigenvalue weighted by Gasteiger charge is 2.45. The van der Waals surface area contributed by atoms with E-state index in [4.69, 9.17) is 13.9 Å². The first-order chi connectivity index (χ1) is 17.8. The highest BCUT2D eigenvalue weighted by molar-refractivity contribution is 5.94. The van der Waals surface area contributed by atoms with Gasteiger partial charge in [-0.05, 0) is 69.9 Å². The largest absolute Gasteiger partial charge is 0.491 e. The first kappa shape index (κ1) is 25.5. The Morgan fingerprint density at radius 1 is 1.14 bits per heavy atom. The smallest absolute Gasteiger partial charge is 0.253 e. The van der Waals surface area contributed by atoms with E-state index < -0.39 is 0 Å².